The highest BCUT2D eigenvalue weighted by Crippen LogP contribution is 2.34. The Labute approximate surface area is 129 Å². The first-order chi connectivity index (χ1) is 9.21. The highest BCUT2D eigenvalue weighted by Gasteiger charge is 2.26. The van der Waals surface area contributed by atoms with Crippen molar-refractivity contribution >= 4 is 21.7 Å². The van der Waals surface area contributed by atoms with Crippen LogP contribution >= 0.6 is 15.9 Å². The fraction of sp³-hybridized carbons (Fsp3) is 0.438. The van der Waals surface area contributed by atoms with Crippen LogP contribution in [0.15, 0.2) is 28.7 Å². The van der Waals surface area contributed by atoms with Crippen LogP contribution in [-0.2, 0) is 5.41 Å². The van der Waals surface area contributed by atoms with Gasteiger partial charge in [0.25, 0.3) is 0 Å². The molecule has 0 amide bonds. The molecule has 0 fully saturated rings. The maximum absolute atomic E-state index is 6.37. The number of nitrogens with two attached hydrogens (primary N) is 1. The summed E-state index contributed by atoms with van der Waals surface area (Å²) in [6.45, 7) is 10.8. The summed E-state index contributed by atoms with van der Waals surface area (Å²) in [5.74, 6) is 1.77. The van der Waals surface area contributed by atoms with Crippen LogP contribution in [0.4, 0.5) is 5.82 Å². The second kappa shape index (κ2) is 5.24. The average molecular weight is 336 g/mol. The van der Waals surface area contributed by atoms with Crippen molar-refractivity contribution in [2.45, 2.75) is 46.1 Å². The molecule has 108 valence electrons. The summed E-state index contributed by atoms with van der Waals surface area (Å²) < 4.78 is 3.17. The monoisotopic (exact) mass is 335 g/mol. The predicted molar refractivity (Wildman–Crippen MR) is 88.9 cm³/mol. The third-order valence-corrected chi connectivity index (χ3v) is 3.73. The molecular formula is C16H22BrN3. The third kappa shape index (κ3) is 2.75. The maximum atomic E-state index is 6.37. The highest BCUT2D eigenvalue weighted by molar-refractivity contribution is 9.10. The van der Waals surface area contributed by atoms with Gasteiger partial charge in [-0.05, 0) is 26.0 Å². The molecule has 0 aliphatic carbocycles. The van der Waals surface area contributed by atoms with Crippen LogP contribution in [0.5, 0.6) is 0 Å². The second-order valence-corrected chi connectivity index (χ2v) is 7.31. The number of nitrogen functional groups attached to an aromatic ring is 1. The first-order valence-electron chi connectivity index (χ1n) is 6.86. The lowest BCUT2D eigenvalue weighted by Crippen LogP contribution is -2.21. The Hall–Kier alpha value is -1.29. The molecule has 0 radical (unpaired) electrons. The zero-order valence-electron chi connectivity index (χ0n) is 12.7. The van der Waals surface area contributed by atoms with Gasteiger partial charge in [0.2, 0.25) is 0 Å². The number of anilines is 1. The van der Waals surface area contributed by atoms with Crippen molar-refractivity contribution in [1.29, 1.82) is 0 Å². The number of nitrogens with zero attached hydrogens (tertiary/aromatic N) is 2. The summed E-state index contributed by atoms with van der Waals surface area (Å²) in [5, 5.41) is 0. The molecular weight excluding hydrogens is 314 g/mol. The molecule has 0 aliphatic heterocycles. The number of halogens is 1. The van der Waals surface area contributed by atoms with Crippen molar-refractivity contribution in [1.82, 2.24) is 9.55 Å². The second-order valence-electron chi connectivity index (χ2n) is 6.39. The van der Waals surface area contributed by atoms with Crippen molar-refractivity contribution in [2.24, 2.45) is 0 Å². The fourth-order valence-corrected chi connectivity index (χ4v) is 2.74. The minimum absolute atomic E-state index is 0.0390. The van der Waals surface area contributed by atoms with E-state index >= 15 is 0 Å². The van der Waals surface area contributed by atoms with Crippen LogP contribution in [0.3, 0.4) is 0 Å². The molecule has 0 spiro atoms. The number of aromatic nitrogens is 2. The van der Waals surface area contributed by atoms with E-state index in [2.05, 4.69) is 61.2 Å². The Morgan fingerprint density at radius 1 is 1.25 bits per heavy atom. The standard InChI is InChI=1S/C16H22BrN3/c1-10(2)20-14(18)13(19-15(20)16(3,4)5)11-7-6-8-12(17)9-11/h6-10H,18H2,1-5H3. The fourth-order valence-electron chi connectivity index (χ4n) is 2.35. The summed E-state index contributed by atoms with van der Waals surface area (Å²) >= 11 is 3.50. The summed E-state index contributed by atoms with van der Waals surface area (Å²) in [4.78, 5) is 4.83. The van der Waals surface area contributed by atoms with Crippen LogP contribution in [0.25, 0.3) is 11.3 Å². The third-order valence-electron chi connectivity index (χ3n) is 3.23. The molecule has 20 heavy (non-hydrogen) atoms. The van der Waals surface area contributed by atoms with Crippen LogP contribution in [-0.4, -0.2) is 9.55 Å². The van der Waals surface area contributed by atoms with Gasteiger partial charge in [-0.25, -0.2) is 4.98 Å². The van der Waals surface area contributed by atoms with Gasteiger partial charge in [0.15, 0.2) is 0 Å². The molecule has 1 aromatic heterocycles. The summed E-state index contributed by atoms with van der Waals surface area (Å²) in [6, 6.07) is 8.39. The van der Waals surface area contributed by atoms with Gasteiger partial charge in [-0.3, -0.25) is 0 Å². The van der Waals surface area contributed by atoms with Gasteiger partial charge in [0.05, 0.1) is 0 Å². The van der Waals surface area contributed by atoms with Gasteiger partial charge in [0, 0.05) is 21.5 Å². The molecule has 0 saturated carbocycles. The molecule has 3 nitrogen and oxygen atoms in total. The molecule has 1 heterocycles. The van der Waals surface area contributed by atoms with E-state index in [0.717, 1.165) is 27.4 Å². The van der Waals surface area contributed by atoms with E-state index in [1.807, 2.05) is 18.2 Å². The first kappa shape index (κ1) is 15.1. The Bertz CT molecular complexity index is 621. The van der Waals surface area contributed by atoms with Crippen LogP contribution < -0.4 is 5.73 Å². The van der Waals surface area contributed by atoms with Crippen molar-refractivity contribution < 1.29 is 0 Å². The SMILES string of the molecule is CC(C)n1c(C(C)(C)C)nc(-c2cccc(Br)c2)c1N. The van der Waals surface area contributed by atoms with Gasteiger partial charge in [-0.2, -0.15) is 0 Å². The predicted octanol–water partition coefficient (Wildman–Crippen LogP) is 4.77. The zero-order valence-corrected chi connectivity index (χ0v) is 14.3. The van der Waals surface area contributed by atoms with E-state index in [1.54, 1.807) is 0 Å². The van der Waals surface area contributed by atoms with E-state index in [0.29, 0.717) is 0 Å². The smallest absolute Gasteiger partial charge is 0.131 e. The Balaban J connectivity index is 2.68. The first-order valence-corrected chi connectivity index (χ1v) is 7.65. The maximum Gasteiger partial charge on any atom is 0.131 e. The molecule has 0 atom stereocenters. The Morgan fingerprint density at radius 2 is 1.90 bits per heavy atom. The summed E-state index contributed by atoms with van der Waals surface area (Å²) in [5.41, 5.74) is 8.24. The molecule has 1 aromatic carbocycles. The van der Waals surface area contributed by atoms with E-state index in [-0.39, 0.29) is 11.5 Å². The number of benzene rings is 1. The minimum Gasteiger partial charge on any atom is -0.383 e. The number of rotatable bonds is 2. The molecule has 2 N–H and O–H groups in total. The number of hydrogen-bond donors (Lipinski definition) is 1. The highest BCUT2D eigenvalue weighted by atomic mass is 79.9. The van der Waals surface area contributed by atoms with Gasteiger partial charge >= 0.3 is 0 Å². The summed E-state index contributed by atoms with van der Waals surface area (Å²) in [6.07, 6.45) is 0. The lowest BCUT2D eigenvalue weighted by Gasteiger charge is -2.22. The average Bonchev–Trinajstić information content (AvgIpc) is 2.66. The van der Waals surface area contributed by atoms with Gasteiger partial charge in [-0.1, -0.05) is 48.8 Å². The molecule has 2 aromatic rings. The molecule has 0 unspecified atom stereocenters. The lowest BCUT2D eigenvalue weighted by molar-refractivity contribution is 0.473. The Kier molecular flexibility index (Phi) is 3.96. The number of imidazole rings is 1. The van der Waals surface area contributed by atoms with Gasteiger partial charge in [-0.15, -0.1) is 0 Å². The zero-order chi connectivity index (χ0) is 15.1. The van der Waals surface area contributed by atoms with E-state index in [9.17, 15) is 0 Å². The Morgan fingerprint density at radius 3 is 2.35 bits per heavy atom. The molecule has 0 aliphatic rings. The molecule has 0 bridgehead atoms. The van der Waals surface area contributed by atoms with Gasteiger partial charge in [0.1, 0.15) is 17.3 Å². The van der Waals surface area contributed by atoms with E-state index in [1.165, 1.54) is 0 Å². The van der Waals surface area contributed by atoms with E-state index < -0.39 is 0 Å². The van der Waals surface area contributed by atoms with Crippen molar-refractivity contribution in [3.8, 4) is 11.3 Å². The lowest BCUT2D eigenvalue weighted by atomic mass is 9.95. The molecule has 0 saturated heterocycles. The molecule has 2 rings (SSSR count). The van der Waals surface area contributed by atoms with Crippen molar-refractivity contribution in [3.05, 3.63) is 34.6 Å². The number of hydrogen-bond acceptors (Lipinski definition) is 2. The topological polar surface area (TPSA) is 43.8 Å². The quantitative estimate of drug-likeness (QED) is 0.858. The largest absolute Gasteiger partial charge is 0.383 e. The minimum atomic E-state index is -0.0390. The van der Waals surface area contributed by atoms with E-state index in [4.69, 9.17) is 10.7 Å². The van der Waals surface area contributed by atoms with Crippen LogP contribution in [0.2, 0.25) is 0 Å². The van der Waals surface area contributed by atoms with Crippen molar-refractivity contribution in [3.63, 3.8) is 0 Å². The normalized spacial score (nSPS) is 12.2. The summed E-state index contributed by atoms with van der Waals surface area (Å²) in [7, 11) is 0. The van der Waals surface area contributed by atoms with Gasteiger partial charge < -0.3 is 10.3 Å². The van der Waals surface area contributed by atoms with Crippen LogP contribution in [0, 0.1) is 0 Å². The van der Waals surface area contributed by atoms with Crippen molar-refractivity contribution in [2.75, 3.05) is 5.73 Å². The molecule has 4 heteroatoms. The van der Waals surface area contributed by atoms with Crippen LogP contribution in [0.1, 0.15) is 46.5 Å².